The van der Waals surface area contributed by atoms with E-state index in [1.165, 1.54) is 7.11 Å². The fraction of sp³-hybridized carbons (Fsp3) is 0.286. The lowest BCUT2D eigenvalue weighted by atomic mass is 9.95. The Morgan fingerprint density at radius 3 is 2.40 bits per heavy atom. The first kappa shape index (κ1) is 18.6. The summed E-state index contributed by atoms with van der Waals surface area (Å²) in [6.07, 6.45) is 1.47. The summed E-state index contributed by atoms with van der Waals surface area (Å²) in [6.45, 7) is 1.92. The first-order chi connectivity index (χ1) is 12.0. The largest absolute Gasteiger partial charge is 0.469 e. The molecule has 0 heterocycles. The molecular weight excluding hydrogens is 316 g/mol. The highest BCUT2D eigenvalue weighted by Gasteiger charge is 2.13. The standard InChI is InChI=1S/C21H22O4/c1-15-11-12-16(7-6-10-18(22)14-20(23)25-2)13-19(15)21(24)17-8-4-3-5-9-17/h3-5,8-9,11-13H,6-7,10,14H2,1-2H3. The second kappa shape index (κ2) is 8.92. The minimum absolute atomic E-state index is 0.00159. The second-order valence-corrected chi connectivity index (χ2v) is 5.99. The molecule has 4 nitrogen and oxygen atoms in total. The van der Waals surface area contributed by atoms with Crippen molar-refractivity contribution in [3.63, 3.8) is 0 Å². The molecule has 0 saturated carbocycles. The molecule has 0 aliphatic rings. The van der Waals surface area contributed by atoms with Crippen LogP contribution in [0.2, 0.25) is 0 Å². The molecule has 0 aromatic heterocycles. The fourth-order valence-corrected chi connectivity index (χ4v) is 2.63. The average molecular weight is 338 g/mol. The van der Waals surface area contributed by atoms with Gasteiger partial charge >= 0.3 is 5.97 Å². The van der Waals surface area contributed by atoms with Crippen molar-refractivity contribution in [2.45, 2.75) is 32.6 Å². The molecule has 25 heavy (non-hydrogen) atoms. The minimum Gasteiger partial charge on any atom is -0.469 e. The van der Waals surface area contributed by atoms with Crippen LogP contribution in [0.3, 0.4) is 0 Å². The normalized spacial score (nSPS) is 10.3. The molecule has 130 valence electrons. The zero-order chi connectivity index (χ0) is 18.2. The molecule has 0 spiro atoms. The first-order valence-corrected chi connectivity index (χ1v) is 8.29. The van der Waals surface area contributed by atoms with Crippen LogP contribution in [0.25, 0.3) is 0 Å². The number of hydrogen-bond donors (Lipinski definition) is 0. The van der Waals surface area contributed by atoms with Gasteiger partial charge in [-0.3, -0.25) is 14.4 Å². The summed E-state index contributed by atoms with van der Waals surface area (Å²) in [5, 5.41) is 0. The third-order valence-corrected chi connectivity index (χ3v) is 4.07. The van der Waals surface area contributed by atoms with Crippen LogP contribution < -0.4 is 0 Å². The van der Waals surface area contributed by atoms with Crippen LogP contribution in [0.5, 0.6) is 0 Å². The highest BCUT2D eigenvalue weighted by Crippen LogP contribution is 2.18. The van der Waals surface area contributed by atoms with E-state index in [4.69, 9.17) is 0 Å². The van der Waals surface area contributed by atoms with Crippen LogP contribution >= 0.6 is 0 Å². The quantitative estimate of drug-likeness (QED) is 0.418. The molecule has 0 atom stereocenters. The lowest BCUT2D eigenvalue weighted by molar-refractivity contribution is -0.143. The van der Waals surface area contributed by atoms with Gasteiger partial charge in [-0.2, -0.15) is 0 Å². The third kappa shape index (κ3) is 5.38. The summed E-state index contributed by atoms with van der Waals surface area (Å²) in [4.78, 5) is 35.4. The summed E-state index contributed by atoms with van der Waals surface area (Å²) < 4.78 is 4.49. The number of hydrogen-bond acceptors (Lipinski definition) is 4. The smallest absolute Gasteiger partial charge is 0.313 e. The van der Waals surface area contributed by atoms with Crippen LogP contribution in [-0.2, 0) is 20.7 Å². The van der Waals surface area contributed by atoms with E-state index in [2.05, 4.69) is 4.74 Å². The van der Waals surface area contributed by atoms with E-state index in [-0.39, 0.29) is 18.0 Å². The molecule has 2 aromatic rings. The van der Waals surface area contributed by atoms with E-state index in [0.29, 0.717) is 30.4 Å². The highest BCUT2D eigenvalue weighted by molar-refractivity contribution is 6.09. The van der Waals surface area contributed by atoms with E-state index in [1.54, 1.807) is 12.1 Å². The number of methoxy groups -OCH3 is 1. The summed E-state index contributed by atoms with van der Waals surface area (Å²) in [7, 11) is 1.27. The predicted octanol–water partition coefficient (Wildman–Crippen LogP) is 3.68. The summed E-state index contributed by atoms with van der Waals surface area (Å²) in [6, 6.07) is 15.0. The van der Waals surface area contributed by atoms with Gasteiger partial charge in [-0.25, -0.2) is 0 Å². The zero-order valence-electron chi connectivity index (χ0n) is 14.6. The van der Waals surface area contributed by atoms with Gasteiger partial charge in [-0.05, 0) is 37.0 Å². The molecule has 0 bridgehead atoms. The Labute approximate surface area is 147 Å². The lowest BCUT2D eigenvalue weighted by Gasteiger charge is -2.08. The zero-order valence-corrected chi connectivity index (χ0v) is 14.6. The maximum atomic E-state index is 12.7. The SMILES string of the molecule is COC(=O)CC(=O)CCCc1ccc(C)c(C(=O)c2ccccc2)c1. The number of esters is 1. The number of ketones is 2. The van der Waals surface area contributed by atoms with Crippen LogP contribution in [0, 0.1) is 6.92 Å². The van der Waals surface area contributed by atoms with Crippen LogP contribution in [0.1, 0.15) is 46.3 Å². The average Bonchev–Trinajstić information content (AvgIpc) is 2.63. The van der Waals surface area contributed by atoms with Crippen molar-refractivity contribution in [2.24, 2.45) is 0 Å². The number of carbonyl (C=O) groups is 3. The van der Waals surface area contributed by atoms with Gasteiger partial charge in [-0.1, -0.05) is 42.5 Å². The lowest BCUT2D eigenvalue weighted by Crippen LogP contribution is -2.09. The molecule has 0 N–H and O–H groups in total. The minimum atomic E-state index is -0.504. The second-order valence-electron chi connectivity index (χ2n) is 5.99. The molecule has 0 unspecified atom stereocenters. The van der Waals surface area contributed by atoms with Gasteiger partial charge < -0.3 is 4.74 Å². The van der Waals surface area contributed by atoms with E-state index in [1.807, 2.05) is 43.3 Å². The van der Waals surface area contributed by atoms with E-state index < -0.39 is 5.97 Å². The van der Waals surface area contributed by atoms with Crippen molar-refractivity contribution in [2.75, 3.05) is 7.11 Å². The monoisotopic (exact) mass is 338 g/mol. The molecule has 4 heteroatoms. The Morgan fingerprint density at radius 2 is 1.72 bits per heavy atom. The highest BCUT2D eigenvalue weighted by atomic mass is 16.5. The Hall–Kier alpha value is -2.75. The van der Waals surface area contributed by atoms with Gasteiger partial charge in [-0.15, -0.1) is 0 Å². The maximum absolute atomic E-state index is 12.7. The first-order valence-electron chi connectivity index (χ1n) is 8.29. The van der Waals surface area contributed by atoms with Crippen molar-refractivity contribution in [1.82, 2.24) is 0 Å². The van der Waals surface area contributed by atoms with Gasteiger partial charge in [0.1, 0.15) is 12.2 Å². The van der Waals surface area contributed by atoms with Gasteiger partial charge in [0.2, 0.25) is 0 Å². The van der Waals surface area contributed by atoms with Crippen LogP contribution in [-0.4, -0.2) is 24.6 Å². The Bertz CT molecular complexity index is 763. The van der Waals surface area contributed by atoms with E-state index in [9.17, 15) is 14.4 Å². The summed E-state index contributed by atoms with van der Waals surface area (Å²) in [5.41, 5.74) is 3.29. The predicted molar refractivity (Wildman–Crippen MR) is 95.6 cm³/mol. The number of benzene rings is 2. The topological polar surface area (TPSA) is 60.4 Å². The molecule has 2 rings (SSSR count). The molecule has 0 fully saturated rings. The maximum Gasteiger partial charge on any atom is 0.313 e. The molecule has 0 saturated heterocycles. The Balaban J connectivity index is 2.00. The van der Waals surface area contributed by atoms with Gasteiger partial charge in [0, 0.05) is 17.5 Å². The number of ether oxygens (including phenoxy) is 1. The van der Waals surface area contributed by atoms with Gasteiger partial charge in [0.25, 0.3) is 0 Å². The Morgan fingerprint density at radius 1 is 1.00 bits per heavy atom. The number of carbonyl (C=O) groups excluding carboxylic acids is 3. The molecular formula is C21H22O4. The molecule has 0 aliphatic carbocycles. The molecule has 0 amide bonds. The van der Waals surface area contributed by atoms with Crippen molar-refractivity contribution >= 4 is 17.5 Å². The van der Waals surface area contributed by atoms with E-state index in [0.717, 1.165) is 11.1 Å². The van der Waals surface area contributed by atoms with E-state index >= 15 is 0 Å². The molecule has 0 radical (unpaired) electrons. The molecule has 2 aromatic carbocycles. The number of aryl methyl sites for hydroxylation is 2. The van der Waals surface area contributed by atoms with Crippen LogP contribution in [0.4, 0.5) is 0 Å². The number of rotatable bonds is 8. The van der Waals surface area contributed by atoms with Gasteiger partial charge in [0.15, 0.2) is 5.78 Å². The number of Topliss-reactive ketones (excluding diaryl/α,β-unsaturated/α-hetero) is 1. The summed E-state index contributed by atoms with van der Waals surface area (Å²) >= 11 is 0. The summed E-state index contributed by atoms with van der Waals surface area (Å²) in [5.74, 6) is -0.627. The fourth-order valence-electron chi connectivity index (χ4n) is 2.63. The van der Waals surface area contributed by atoms with Gasteiger partial charge in [0.05, 0.1) is 7.11 Å². The third-order valence-electron chi connectivity index (χ3n) is 4.07. The van der Waals surface area contributed by atoms with Crippen molar-refractivity contribution in [3.05, 3.63) is 70.8 Å². The van der Waals surface area contributed by atoms with Crippen LogP contribution in [0.15, 0.2) is 48.5 Å². The van der Waals surface area contributed by atoms with Crippen molar-refractivity contribution in [3.8, 4) is 0 Å². The van der Waals surface area contributed by atoms with Crippen molar-refractivity contribution in [1.29, 1.82) is 0 Å². The molecule has 0 aliphatic heterocycles. The Kier molecular flexibility index (Phi) is 6.63. The van der Waals surface area contributed by atoms with Crippen molar-refractivity contribution < 1.29 is 19.1 Å².